The first kappa shape index (κ1) is 20.1. The molecule has 2 N–H and O–H groups in total. The van der Waals surface area contributed by atoms with Crippen molar-refractivity contribution in [3.8, 4) is 11.5 Å². The van der Waals surface area contributed by atoms with Crippen molar-refractivity contribution in [1.29, 1.82) is 0 Å². The molecule has 2 aromatic carbocycles. The van der Waals surface area contributed by atoms with Crippen LogP contribution in [0.2, 0.25) is 0 Å². The molecule has 0 aliphatic carbocycles. The van der Waals surface area contributed by atoms with Gasteiger partial charge in [-0.25, -0.2) is 0 Å². The van der Waals surface area contributed by atoms with E-state index in [1.54, 1.807) is 38.5 Å². The van der Waals surface area contributed by atoms with Gasteiger partial charge in [0.1, 0.15) is 0 Å². The lowest BCUT2D eigenvalue weighted by Crippen LogP contribution is -2.15. The topological polar surface area (TPSA) is 85.4 Å². The predicted octanol–water partition coefficient (Wildman–Crippen LogP) is 4.04. The summed E-state index contributed by atoms with van der Waals surface area (Å²) in [6, 6.07) is 14.9. The molecule has 0 saturated carbocycles. The van der Waals surface area contributed by atoms with Gasteiger partial charge in [-0.3, -0.25) is 4.79 Å². The maximum atomic E-state index is 12.3. The summed E-state index contributed by atoms with van der Waals surface area (Å²) in [6.07, 6.45) is 0.185. The van der Waals surface area contributed by atoms with Gasteiger partial charge in [0.15, 0.2) is 23.1 Å². The number of amides is 1. The Hall–Kier alpha value is -3.61. The van der Waals surface area contributed by atoms with E-state index in [1.165, 1.54) is 11.1 Å². The molecule has 0 radical (unpaired) electrons. The van der Waals surface area contributed by atoms with Gasteiger partial charge in [-0.05, 0) is 66.9 Å². The van der Waals surface area contributed by atoms with Crippen LogP contribution in [0.25, 0.3) is 0 Å². The van der Waals surface area contributed by atoms with Gasteiger partial charge in [0.05, 0.1) is 20.6 Å². The van der Waals surface area contributed by atoms with Crippen LogP contribution >= 0.6 is 0 Å². The molecule has 7 nitrogen and oxygen atoms in total. The van der Waals surface area contributed by atoms with Crippen LogP contribution in [0.5, 0.6) is 11.5 Å². The number of carbonyl (C=O) groups is 1. The first-order chi connectivity index (χ1) is 14.0. The Bertz CT molecular complexity index is 1000. The number of hydrogen-bond acceptors (Lipinski definition) is 6. The van der Waals surface area contributed by atoms with E-state index in [0.717, 1.165) is 11.3 Å². The van der Waals surface area contributed by atoms with Gasteiger partial charge in [0.25, 0.3) is 0 Å². The standard InChI is InChI=1S/C22H24N4O3/c1-14-5-7-17(11-15(14)2)23-20-9-10-21(26-25-20)24-22(27)13-16-6-8-18(28-3)19(12-16)29-4/h5-12H,13H2,1-4H3,(H,23,25)(H,24,26,27). The lowest BCUT2D eigenvalue weighted by Gasteiger charge is -2.10. The Kier molecular flexibility index (Phi) is 6.29. The van der Waals surface area contributed by atoms with Crippen LogP contribution in [-0.2, 0) is 11.2 Å². The van der Waals surface area contributed by atoms with Gasteiger partial charge in [-0.15, -0.1) is 10.2 Å². The van der Waals surface area contributed by atoms with Gasteiger partial charge < -0.3 is 20.1 Å². The summed E-state index contributed by atoms with van der Waals surface area (Å²) in [7, 11) is 3.13. The number of benzene rings is 2. The second-order valence-electron chi connectivity index (χ2n) is 6.64. The maximum absolute atomic E-state index is 12.3. The van der Waals surface area contributed by atoms with Crippen LogP contribution in [0, 0.1) is 13.8 Å². The van der Waals surface area contributed by atoms with E-state index in [9.17, 15) is 4.79 Å². The van der Waals surface area contributed by atoms with E-state index < -0.39 is 0 Å². The fourth-order valence-electron chi connectivity index (χ4n) is 2.80. The highest BCUT2D eigenvalue weighted by Gasteiger charge is 2.10. The van der Waals surface area contributed by atoms with Crippen molar-refractivity contribution in [3.63, 3.8) is 0 Å². The van der Waals surface area contributed by atoms with E-state index in [4.69, 9.17) is 9.47 Å². The summed E-state index contributed by atoms with van der Waals surface area (Å²) in [4.78, 5) is 12.3. The van der Waals surface area contributed by atoms with Gasteiger partial charge in [-0.1, -0.05) is 12.1 Å². The highest BCUT2D eigenvalue weighted by atomic mass is 16.5. The molecular formula is C22H24N4O3. The number of aryl methyl sites for hydroxylation is 2. The third-order valence-corrected chi connectivity index (χ3v) is 4.52. The molecule has 3 rings (SSSR count). The summed E-state index contributed by atoms with van der Waals surface area (Å²) in [5.74, 6) is 2.00. The number of nitrogens with one attached hydrogen (secondary N) is 2. The first-order valence-corrected chi connectivity index (χ1v) is 9.17. The quantitative estimate of drug-likeness (QED) is 0.631. The van der Waals surface area contributed by atoms with E-state index in [1.807, 2.05) is 18.2 Å². The smallest absolute Gasteiger partial charge is 0.229 e. The summed E-state index contributed by atoms with van der Waals surface area (Å²) < 4.78 is 10.5. The minimum absolute atomic E-state index is 0.185. The van der Waals surface area contributed by atoms with Crippen molar-refractivity contribution >= 4 is 23.2 Å². The van der Waals surface area contributed by atoms with Crippen LogP contribution in [0.4, 0.5) is 17.3 Å². The highest BCUT2D eigenvalue weighted by molar-refractivity contribution is 5.91. The van der Waals surface area contributed by atoms with E-state index in [-0.39, 0.29) is 12.3 Å². The molecule has 29 heavy (non-hydrogen) atoms. The second-order valence-corrected chi connectivity index (χ2v) is 6.64. The van der Waals surface area contributed by atoms with Crippen molar-refractivity contribution in [3.05, 3.63) is 65.2 Å². The molecule has 7 heteroatoms. The molecule has 0 aliphatic heterocycles. The van der Waals surface area contributed by atoms with Crippen LogP contribution in [-0.4, -0.2) is 30.3 Å². The van der Waals surface area contributed by atoms with Crippen LogP contribution in [0.1, 0.15) is 16.7 Å². The summed E-state index contributed by atoms with van der Waals surface area (Å²) in [5, 5.41) is 14.1. The SMILES string of the molecule is COc1ccc(CC(=O)Nc2ccc(Nc3ccc(C)c(C)c3)nn2)cc1OC. The third-order valence-electron chi connectivity index (χ3n) is 4.52. The van der Waals surface area contributed by atoms with Gasteiger partial charge in [0, 0.05) is 5.69 Å². The number of carbonyl (C=O) groups excluding carboxylic acids is 1. The molecule has 0 spiro atoms. The minimum Gasteiger partial charge on any atom is -0.493 e. The maximum Gasteiger partial charge on any atom is 0.229 e. The Morgan fingerprint density at radius 2 is 1.59 bits per heavy atom. The number of hydrogen-bond donors (Lipinski definition) is 2. The molecule has 0 aliphatic rings. The second kappa shape index (κ2) is 9.05. The zero-order valence-corrected chi connectivity index (χ0v) is 16.9. The molecule has 0 atom stereocenters. The van der Waals surface area contributed by atoms with E-state index >= 15 is 0 Å². The van der Waals surface area contributed by atoms with Crippen LogP contribution in [0.15, 0.2) is 48.5 Å². The average Bonchev–Trinajstić information content (AvgIpc) is 2.72. The molecule has 1 heterocycles. The van der Waals surface area contributed by atoms with Crippen molar-refractivity contribution in [2.24, 2.45) is 0 Å². The zero-order chi connectivity index (χ0) is 20.8. The number of rotatable bonds is 7. The molecule has 1 aromatic heterocycles. The third kappa shape index (κ3) is 5.22. The summed E-state index contributed by atoms with van der Waals surface area (Å²) in [6.45, 7) is 4.13. The predicted molar refractivity (Wildman–Crippen MR) is 113 cm³/mol. The fourth-order valence-corrected chi connectivity index (χ4v) is 2.80. The highest BCUT2D eigenvalue weighted by Crippen LogP contribution is 2.27. The van der Waals surface area contributed by atoms with Crippen molar-refractivity contribution < 1.29 is 14.3 Å². The number of nitrogens with zero attached hydrogens (tertiary/aromatic N) is 2. The molecular weight excluding hydrogens is 368 g/mol. The van der Waals surface area contributed by atoms with Gasteiger partial charge in [0.2, 0.25) is 5.91 Å². The van der Waals surface area contributed by atoms with Gasteiger partial charge in [-0.2, -0.15) is 0 Å². The Morgan fingerprint density at radius 1 is 0.862 bits per heavy atom. The number of aromatic nitrogens is 2. The Balaban J connectivity index is 1.60. The summed E-state index contributed by atoms with van der Waals surface area (Å²) >= 11 is 0. The molecule has 0 bridgehead atoms. The zero-order valence-electron chi connectivity index (χ0n) is 16.9. The molecule has 150 valence electrons. The van der Waals surface area contributed by atoms with Gasteiger partial charge >= 0.3 is 0 Å². The van der Waals surface area contributed by atoms with E-state index in [2.05, 4.69) is 40.7 Å². The number of methoxy groups -OCH3 is 2. The number of ether oxygens (including phenoxy) is 2. The molecule has 0 fully saturated rings. The molecule has 0 unspecified atom stereocenters. The lowest BCUT2D eigenvalue weighted by atomic mass is 10.1. The lowest BCUT2D eigenvalue weighted by molar-refractivity contribution is -0.115. The molecule has 0 saturated heterocycles. The monoisotopic (exact) mass is 392 g/mol. The number of anilines is 3. The average molecular weight is 392 g/mol. The fraction of sp³-hybridized carbons (Fsp3) is 0.227. The largest absolute Gasteiger partial charge is 0.493 e. The molecule has 3 aromatic rings. The normalized spacial score (nSPS) is 10.3. The Morgan fingerprint density at radius 3 is 2.24 bits per heavy atom. The van der Waals surface area contributed by atoms with Crippen molar-refractivity contribution in [2.75, 3.05) is 24.9 Å². The van der Waals surface area contributed by atoms with Crippen LogP contribution < -0.4 is 20.1 Å². The summed E-state index contributed by atoms with van der Waals surface area (Å²) in [5.41, 5.74) is 4.17. The van der Waals surface area contributed by atoms with Crippen molar-refractivity contribution in [2.45, 2.75) is 20.3 Å². The first-order valence-electron chi connectivity index (χ1n) is 9.17. The van der Waals surface area contributed by atoms with Crippen molar-refractivity contribution in [1.82, 2.24) is 10.2 Å². The van der Waals surface area contributed by atoms with E-state index in [0.29, 0.717) is 23.1 Å². The van der Waals surface area contributed by atoms with Crippen LogP contribution in [0.3, 0.4) is 0 Å². The Labute approximate surface area is 170 Å². The minimum atomic E-state index is -0.193. The molecule has 1 amide bonds.